The van der Waals surface area contributed by atoms with Crippen molar-refractivity contribution in [1.82, 2.24) is 0 Å². The van der Waals surface area contributed by atoms with Crippen molar-refractivity contribution in [3.05, 3.63) is 0 Å². The molecule has 0 bridgehead atoms. The Morgan fingerprint density at radius 3 is 2.08 bits per heavy atom. The van der Waals surface area contributed by atoms with E-state index in [4.69, 9.17) is 0 Å². The van der Waals surface area contributed by atoms with Gasteiger partial charge in [0.15, 0.2) is 0 Å². The number of rotatable bonds is 0. The molecule has 0 N–H and O–H groups in total. The molecule has 1 atom stereocenters. The molecule has 0 aliphatic heterocycles. The summed E-state index contributed by atoms with van der Waals surface area (Å²) in [5, 5.41) is 0. The first-order valence-corrected chi connectivity index (χ1v) is 5.33. The quantitative estimate of drug-likeness (QED) is 0.538. The van der Waals surface area contributed by atoms with Crippen molar-refractivity contribution >= 4 is 5.78 Å². The zero-order valence-electron chi connectivity index (χ0n) is 7.57. The van der Waals surface area contributed by atoms with Gasteiger partial charge in [-0.25, -0.2) is 0 Å². The van der Waals surface area contributed by atoms with Gasteiger partial charge in [-0.15, -0.1) is 0 Å². The van der Waals surface area contributed by atoms with Gasteiger partial charge in [0.25, 0.3) is 0 Å². The third-order valence-electron chi connectivity index (χ3n) is 4.90. The number of fused-ring (bicyclic) bond motifs is 1. The van der Waals surface area contributed by atoms with Crippen molar-refractivity contribution in [2.24, 2.45) is 10.8 Å². The van der Waals surface area contributed by atoms with Crippen LogP contribution in [0.25, 0.3) is 0 Å². The van der Waals surface area contributed by atoms with Crippen molar-refractivity contribution in [1.29, 1.82) is 0 Å². The van der Waals surface area contributed by atoms with Gasteiger partial charge in [0, 0.05) is 11.8 Å². The fourth-order valence-corrected chi connectivity index (χ4v) is 3.87. The van der Waals surface area contributed by atoms with Crippen LogP contribution in [0.15, 0.2) is 0 Å². The number of ketones is 1. The van der Waals surface area contributed by atoms with E-state index < -0.39 is 0 Å². The number of carbonyl (C=O) groups excluding carboxylic acids is 1. The highest BCUT2D eigenvalue weighted by Gasteiger charge is 2.65. The van der Waals surface area contributed by atoms with Crippen LogP contribution in [0.5, 0.6) is 0 Å². The molecular formula is C11H16O. The van der Waals surface area contributed by atoms with Gasteiger partial charge in [0.05, 0.1) is 0 Å². The Labute approximate surface area is 73.5 Å². The molecule has 0 aromatic heterocycles. The van der Waals surface area contributed by atoms with Crippen molar-refractivity contribution in [3.8, 4) is 0 Å². The lowest BCUT2D eigenvalue weighted by Gasteiger charge is -2.62. The standard InChI is InChI=1S/C11H16O/c12-9-3-1-6-11(9)8-7-10(11)4-2-5-10/h1-8H2. The Kier molecular flexibility index (Phi) is 1.15. The van der Waals surface area contributed by atoms with E-state index in [9.17, 15) is 4.79 Å². The third kappa shape index (κ3) is 0.541. The van der Waals surface area contributed by atoms with E-state index in [0.29, 0.717) is 11.2 Å². The van der Waals surface area contributed by atoms with Crippen LogP contribution in [0.4, 0.5) is 0 Å². The zero-order valence-corrected chi connectivity index (χ0v) is 7.57. The van der Waals surface area contributed by atoms with Gasteiger partial charge in [-0.05, 0) is 43.9 Å². The summed E-state index contributed by atoms with van der Waals surface area (Å²) in [6, 6.07) is 0. The Morgan fingerprint density at radius 1 is 0.917 bits per heavy atom. The van der Waals surface area contributed by atoms with Gasteiger partial charge in [0.2, 0.25) is 0 Å². The minimum Gasteiger partial charge on any atom is -0.299 e. The lowest BCUT2D eigenvalue weighted by atomic mass is 9.41. The van der Waals surface area contributed by atoms with Gasteiger partial charge < -0.3 is 0 Å². The van der Waals surface area contributed by atoms with E-state index in [1.165, 1.54) is 44.9 Å². The Bertz CT molecular complexity index is 234. The Morgan fingerprint density at radius 2 is 1.75 bits per heavy atom. The van der Waals surface area contributed by atoms with Crippen LogP contribution in [-0.2, 0) is 4.79 Å². The van der Waals surface area contributed by atoms with Crippen molar-refractivity contribution in [2.45, 2.75) is 51.4 Å². The van der Waals surface area contributed by atoms with Crippen molar-refractivity contribution in [2.75, 3.05) is 0 Å². The SMILES string of the molecule is O=C1CCCC12CCC21CCC1. The second kappa shape index (κ2) is 1.94. The van der Waals surface area contributed by atoms with Crippen LogP contribution in [0.1, 0.15) is 51.4 Å². The fraction of sp³-hybridized carbons (Fsp3) is 0.909. The van der Waals surface area contributed by atoms with Crippen LogP contribution in [0.3, 0.4) is 0 Å². The van der Waals surface area contributed by atoms with Gasteiger partial charge in [-0.2, -0.15) is 0 Å². The molecule has 0 saturated heterocycles. The Balaban J connectivity index is 1.95. The van der Waals surface area contributed by atoms with Crippen molar-refractivity contribution in [3.63, 3.8) is 0 Å². The van der Waals surface area contributed by atoms with E-state index >= 15 is 0 Å². The lowest BCUT2D eigenvalue weighted by Crippen LogP contribution is -2.57. The second-order valence-corrected chi connectivity index (χ2v) is 4.99. The maximum atomic E-state index is 11.8. The van der Waals surface area contributed by atoms with Crippen LogP contribution >= 0.6 is 0 Å². The average Bonchev–Trinajstić information content (AvgIpc) is 2.27. The molecule has 3 rings (SSSR count). The monoisotopic (exact) mass is 164 g/mol. The highest BCUT2D eigenvalue weighted by atomic mass is 16.1. The summed E-state index contributed by atoms with van der Waals surface area (Å²) in [6.07, 6.45) is 9.99. The van der Waals surface area contributed by atoms with E-state index in [1.807, 2.05) is 0 Å². The van der Waals surface area contributed by atoms with Gasteiger partial charge in [-0.3, -0.25) is 4.79 Å². The molecule has 3 aliphatic carbocycles. The lowest BCUT2D eigenvalue weighted by molar-refractivity contribution is -0.164. The molecule has 0 radical (unpaired) electrons. The van der Waals surface area contributed by atoms with E-state index in [0.717, 1.165) is 6.42 Å². The summed E-state index contributed by atoms with van der Waals surface area (Å²) in [5.41, 5.74) is 0.770. The normalized spacial score (nSPS) is 43.2. The molecule has 66 valence electrons. The smallest absolute Gasteiger partial charge is 0.139 e. The molecule has 1 heteroatoms. The summed E-state index contributed by atoms with van der Waals surface area (Å²) in [7, 11) is 0. The summed E-state index contributed by atoms with van der Waals surface area (Å²) >= 11 is 0. The van der Waals surface area contributed by atoms with E-state index in [2.05, 4.69) is 0 Å². The van der Waals surface area contributed by atoms with Crippen LogP contribution in [-0.4, -0.2) is 5.78 Å². The maximum absolute atomic E-state index is 11.8. The number of hydrogen-bond acceptors (Lipinski definition) is 1. The van der Waals surface area contributed by atoms with Crippen LogP contribution < -0.4 is 0 Å². The molecule has 0 aromatic carbocycles. The zero-order chi connectivity index (χ0) is 8.23. The largest absolute Gasteiger partial charge is 0.299 e. The fourth-order valence-electron chi connectivity index (χ4n) is 3.87. The Hall–Kier alpha value is -0.330. The topological polar surface area (TPSA) is 17.1 Å². The molecule has 0 amide bonds. The molecule has 3 aliphatic rings. The first-order chi connectivity index (χ1) is 5.79. The number of hydrogen-bond donors (Lipinski definition) is 0. The summed E-state index contributed by atoms with van der Waals surface area (Å²) < 4.78 is 0. The highest BCUT2D eigenvalue weighted by molar-refractivity contribution is 5.89. The summed E-state index contributed by atoms with van der Waals surface area (Å²) in [5.74, 6) is 0.619. The number of carbonyl (C=O) groups is 1. The van der Waals surface area contributed by atoms with Gasteiger partial charge in [0.1, 0.15) is 5.78 Å². The average molecular weight is 164 g/mol. The molecule has 0 heterocycles. The van der Waals surface area contributed by atoms with Crippen LogP contribution in [0.2, 0.25) is 0 Å². The first kappa shape index (κ1) is 7.11. The number of Topliss-reactive ketones (excluding diaryl/α,β-unsaturated/α-hetero) is 1. The molecule has 12 heavy (non-hydrogen) atoms. The van der Waals surface area contributed by atoms with Gasteiger partial charge in [-0.1, -0.05) is 6.42 Å². The van der Waals surface area contributed by atoms with Crippen LogP contribution in [0, 0.1) is 10.8 Å². The van der Waals surface area contributed by atoms with E-state index in [-0.39, 0.29) is 5.41 Å². The molecule has 3 fully saturated rings. The second-order valence-electron chi connectivity index (χ2n) is 4.99. The minimum absolute atomic E-state index is 0.227. The van der Waals surface area contributed by atoms with Gasteiger partial charge >= 0.3 is 0 Å². The maximum Gasteiger partial charge on any atom is 0.139 e. The molecule has 2 spiro atoms. The summed E-state index contributed by atoms with van der Waals surface area (Å²) in [6.45, 7) is 0. The molecule has 1 nitrogen and oxygen atoms in total. The third-order valence-corrected chi connectivity index (χ3v) is 4.90. The van der Waals surface area contributed by atoms with Crippen molar-refractivity contribution < 1.29 is 4.79 Å². The molecule has 0 aromatic rings. The predicted octanol–water partition coefficient (Wildman–Crippen LogP) is 2.69. The summed E-state index contributed by atoms with van der Waals surface area (Å²) in [4.78, 5) is 11.8. The molecule has 1 unspecified atom stereocenters. The first-order valence-electron chi connectivity index (χ1n) is 5.33. The van der Waals surface area contributed by atoms with E-state index in [1.54, 1.807) is 0 Å². The molecule has 3 saturated carbocycles. The highest BCUT2D eigenvalue weighted by Crippen LogP contribution is 2.71. The minimum atomic E-state index is 0.227. The predicted molar refractivity (Wildman–Crippen MR) is 46.8 cm³/mol. The molecular weight excluding hydrogens is 148 g/mol.